The lowest BCUT2D eigenvalue weighted by molar-refractivity contribution is -0.133. The van der Waals surface area contributed by atoms with Crippen LogP contribution in [-0.4, -0.2) is 77.5 Å². The van der Waals surface area contributed by atoms with E-state index in [0.29, 0.717) is 45.9 Å². The summed E-state index contributed by atoms with van der Waals surface area (Å²) in [6.45, 7) is 6.28. The number of fused-ring (bicyclic) bond motifs is 9. The Kier molecular flexibility index (Phi) is 6.72. The summed E-state index contributed by atoms with van der Waals surface area (Å²) < 4.78 is 23.0. The predicted octanol–water partition coefficient (Wildman–Crippen LogP) is 2.07. The van der Waals surface area contributed by atoms with Crippen LogP contribution in [-0.2, 0) is 16.0 Å². The highest BCUT2D eigenvalue weighted by atomic mass is 16.7. The van der Waals surface area contributed by atoms with Gasteiger partial charge in [0.1, 0.15) is 17.9 Å². The molecule has 1 amide bonds. The van der Waals surface area contributed by atoms with E-state index in [0.717, 1.165) is 11.1 Å². The van der Waals surface area contributed by atoms with Crippen LogP contribution < -0.4 is 24.3 Å². The van der Waals surface area contributed by atoms with Gasteiger partial charge in [0.2, 0.25) is 12.7 Å². The van der Waals surface area contributed by atoms with E-state index in [4.69, 9.17) is 18.9 Å². The minimum Gasteiger partial charge on any atom is -0.504 e. The van der Waals surface area contributed by atoms with Crippen molar-refractivity contribution in [2.24, 2.45) is 0 Å². The minimum atomic E-state index is -1.29. The molecule has 2 bridgehead atoms. The normalized spacial score (nSPS) is 27.3. The molecule has 6 rings (SSSR count). The highest BCUT2D eigenvalue weighted by Crippen LogP contribution is 2.61. The lowest BCUT2D eigenvalue weighted by Crippen LogP contribution is -2.69. The number of aliphatic hydroxyl groups excluding tert-OH is 1. The monoisotopic (exact) mass is 578 g/mol. The SMILES string of the molecule is COc1c(C)cc2c(c1O)C1[C@H]3[C@@H](O)c4c(OC(C)=O)c(C)c5c(c4[C@H](CNC(C)=O)N3[C@@H](C#N)C(C2)N1C)OCO5. The molecule has 1 fully saturated rings. The van der Waals surface area contributed by atoms with E-state index < -0.39 is 36.2 Å². The van der Waals surface area contributed by atoms with Crippen molar-refractivity contribution in [3.05, 3.63) is 39.4 Å². The van der Waals surface area contributed by atoms with Crippen LogP contribution in [0.5, 0.6) is 28.7 Å². The van der Waals surface area contributed by atoms with E-state index in [1.165, 1.54) is 21.0 Å². The van der Waals surface area contributed by atoms with Gasteiger partial charge in [0, 0.05) is 48.7 Å². The number of nitrogens with one attached hydrogen (secondary N) is 1. The van der Waals surface area contributed by atoms with Gasteiger partial charge in [-0.1, -0.05) is 6.07 Å². The zero-order chi connectivity index (χ0) is 30.2. The first-order chi connectivity index (χ1) is 20.0. The highest BCUT2D eigenvalue weighted by Gasteiger charge is 2.59. The molecule has 1 saturated heterocycles. The van der Waals surface area contributed by atoms with Gasteiger partial charge in [0.15, 0.2) is 23.0 Å². The number of carbonyl (C=O) groups excluding carboxylic acids is 2. The summed E-state index contributed by atoms with van der Waals surface area (Å²) in [7, 11) is 3.38. The molecule has 0 saturated carbocycles. The van der Waals surface area contributed by atoms with E-state index in [1.807, 2.05) is 29.8 Å². The summed E-state index contributed by atoms with van der Waals surface area (Å²) in [6.07, 6.45) is -0.819. The molecule has 12 heteroatoms. The number of phenols is 1. The smallest absolute Gasteiger partial charge is 0.308 e. The number of aromatic hydroxyl groups is 1. The molecule has 42 heavy (non-hydrogen) atoms. The molecule has 2 aromatic rings. The molecule has 222 valence electrons. The third-order valence-electron chi connectivity index (χ3n) is 9.12. The van der Waals surface area contributed by atoms with E-state index in [2.05, 4.69) is 11.4 Å². The van der Waals surface area contributed by atoms with Gasteiger partial charge in [-0.15, -0.1) is 0 Å². The second kappa shape index (κ2) is 10.0. The van der Waals surface area contributed by atoms with Crippen molar-refractivity contribution in [1.82, 2.24) is 15.1 Å². The average molecular weight is 579 g/mol. The zero-order valence-corrected chi connectivity index (χ0v) is 24.3. The van der Waals surface area contributed by atoms with E-state index in [1.54, 1.807) is 6.92 Å². The minimum absolute atomic E-state index is 0.0170. The van der Waals surface area contributed by atoms with Gasteiger partial charge >= 0.3 is 5.97 Å². The molecule has 0 radical (unpaired) electrons. The van der Waals surface area contributed by atoms with Gasteiger partial charge in [-0.3, -0.25) is 19.4 Å². The number of benzene rings is 2. The largest absolute Gasteiger partial charge is 0.504 e. The van der Waals surface area contributed by atoms with E-state index in [9.17, 15) is 25.1 Å². The van der Waals surface area contributed by atoms with E-state index in [-0.39, 0.29) is 36.8 Å². The lowest BCUT2D eigenvalue weighted by atomic mass is 9.70. The first-order valence-electron chi connectivity index (χ1n) is 13.9. The molecule has 0 aliphatic carbocycles. The third-order valence-corrected chi connectivity index (χ3v) is 9.12. The Morgan fingerprint density at radius 2 is 1.88 bits per heavy atom. The van der Waals surface area contributed by atoms with Crippen molar-refractivity contribution in [3.63, 3.8) is 0 Å². The summed E-state index contributed by atoms with van der Waals surface area (Å²) in [5.41, 5.74) is 3.56. The number of piperazine rings is 1. The number of hydrogen-bond acceptors (Lipinski definition) is 11. The summed E-state index contributed by atoms with van der Waals surface area (Å²) in [6, 6.07) is 1.39. The van der Waals surface area contributed by atoms with Crippen LogP contribution in [0.1, 0.15) is 65.4 Å². The lowest BCUT2D eigenvalue weighted by Gasteiger charge is -2.61. The molecule has 0 aromatic heterocycles. The van der Waals surface area contributed by atoms with Crippen LogP contribution in [0.15, 0.2) is 6.07 Å². The maximum absolute atomic E-state index is 12.4. The Morgan fingerprint density at radius 3 is 2.52 bits per heavy atom. The Morgan fingerprint density at radius 1 is 1.17 bits per heavy atom. The number of nitriles is 1. The summed E-state index contributed by atoms with van der Waals surface area (Å²) in [5.74, 6) is 0.394. The van der Waals surface area contributed by atoms with Crippen molar-refractivity contribution >= 4 is 11.9 Å². The van der Waals surface area contributed by atoms with Gasteiger partial charge in [-0.2, -0.15) is 5.26 Å². The molecular weight excluding hydrogens is 544 g/mol. The fourth-order valence-corrected chi connectivity index (χ4v) is 7.56. The van der Waals surface area contributed by atoms with Gasteiger partial charge in [0.05, 0.1) is 31.3 Å². The van der Waals surface area contributed by atoms with Crippen molar-refractivity contribution in [2.75, 3.05) is 27.5 Å². The molecule has 4 aliphatic heterocycles. The molecule has 3 N–H and O–H groups in total. The van der Waals surface area contributed by atoms with Gasteiger partial charge in [0.25, 0.3) is 0 Å². The van der Waals surface area contributed by atoms with Crippen LogP contribution in [0.3, 0.4) is 0 Å². The molecular formula is C30H34N4O8. The molecule has 12 nitrogen and oxygen atoms in total. The first-order valence-corrected chi connectivity index (χ1v) is 13.9. The van der Waals surface area contributed by atoms with Gasteiger partial charge < -0.3 is 34.5 Å². The Bertz CT molecular complexity index is 1550. The molecule has 4 aliphatic rings. The Hall–Kier alpha value is -4.05. The third kappa shape index (κ3) is 3.84. The fraction of sp³-hybridized carbons (Fsp3) is 0.500. The molecule has 2 unspecified atom stereocenters. The average Bonchev–Trinajstić information content (AvgIpc) is 3.41. The number of nitrogens with zero attached hydrogens (tertiary/aromatic N) is 3. The second-order valence-electron chi connectivity index (χ2n) is 11.4. The quantitative estimate of drug-likeness (QED) is 0.361. The number of hydrogen-bond donors (Lipinski definition) is 3. The Balaban J connectivity index is 1.67. The number of ether oxygens (including phenoxy) is 4. The Labute approximate surface area is 243 Å². The number of carbonyl (C=O) groups is 2. The topological polar surface area (TPSA) is 154 Å². The van der Waals surface area contributed by atoms with Crippen molar-refractivity contribution < 1.29 is 38.7 Å². The summed E-state index contributed by atoms with van der Waals surface area (Å²) >= 11 is 0. The molecule has 4 heterocycles. The van der Waals surface area contributed by atoms with Crippen LogP contribution >= 0.6 is 0 Å². The number of methoxy groups -OCH3 is 1. The van der Waals surface area contributed by atoms with Crippen LogP contribution in [0.25, 0.3) is 0 Å². The molecule has 6 atom stereocenters. The van der Waals surface area contributed by atoms with Crippen molar-refractivity contribution in [1.29, 1.82) is 5.26 Å². The van der Waals surface area contributed by atoms with Crippen molar-refractivity contribution in [2.45, 2.75) is 70.4 Å². The highest BCUT2D eigenvalue weighted by molar-refractivity contribution is 5.75. The number of aryl methyl sites for hydroxylation is 1. The number of esters is 1. The first kappa shape index (κ1) is 28.1. The van der Waals surface area contributed by atoms with Crippen LogP contribution in [0.2, 0.25) is 0 Å². The van der Waals surface area contributed by atoms with Crippen molar-refractivity contribution in [3.8, 4) is 34.8 Å². The van der Waals surface area contributed by atoms with Gasteiger partial charge in [-0.25, -0.2) is 0 Å². The second-order valence-corrected chi connectivity index (χ2v) is 11.4. The maximum atomic E-state index is 12.4. The number of amides is 1. The van der Waals surface area contributed by atoms with Crippen LogP contribution in [0.4, 0.5) is 0 Å². The number of likely N-dealkylation sites (N-methyl/N-ethyl adjacent to an activating group) is 1. The summed E-state index contributed by atoms with van der Waals surface area (Å²) in [5, 5.41) is 37.5. The summed E-state index contributed by atoms with van der Waals surface area (Å²) in [4.78, 5) is 28.5. The van der Waals surface area contributed by atoms with Gasteiger partial charge in [-0.05, 0) is 38.4 Å². The maximum Gasteiger partial charge on any atom is 0.308 e. The van der Waals surface area contributed by atoms with Crippen LogP contribution in [0, 0.1) is 25.2 Å². The molecule has 2 aromatic carbocycles. The van der Waals surface area contributed by atoms with E-state index >= 15 is 0 Å². The number of aliphatic hydroxyl groups is 1. The standard InChI is InChI=1S/C30H34N4O8/c1-12-7-16-8-17-18(9-31)34-19(10-32-14(3)35)21-22(28(42-15(4)36)13(2)29-30(21)41-11-40-29)25(37)24(34)23(33(17)5)20(16)26(38)27(12)39-6/h7,17-19,23-25,37-38H,8,10-11H2,1-6H3,(H,32,35)/t17?,18-,19-,23?,24-,25-/m0/s1. The number of phenolic OH excluding ortho intramolecular Hbond substituents is 1. The predicted molar refractivity (Wildman–Crippen MR) is 147 cm³/mol. The zero-order valence-electron chi connectivity index (χ0n) is 24.3. The fourth-order valence-electron chi connectivity index (χ4n) is 7.56. The molecule has 0 spiro atoms. The number of rotatable bonds is 4.